The molecular formula is C11H12N2O4. The summed E-state index contributed by atoms with van der Waals surface area (Å²) in [4.78, 5) is 23.4. The Kier molecular flexibility index (Phi) is 3.13. The molecule has 0 aromatic heterocycles. The van der Waals surface area contributed by atoms with E-state index in [9.17, 15) is 9.59 Å². The quantitative estimate of drug-likeness (QED) is 0.828. The van der Waals surface area contributed by atoms with Gasteiger partial charge >= 0.3 is 12.2 Å². The standard InChI is InChI=1S/C11H12N2O4/c14-10(15)12-6-9-7-13(11(16)17-9)8-4-2-1-3-5-8/h1-5,9,12H,6-7H2,(H,14,15). The predicted octanol–water partition coefficient (Wildman–Crippen LogP) is 1.28. The van der Waals surface area contributed by atoms with Gasteiger partial charge in [-0.3, -0.25) is 4.90 Å². The van der Waals surface area contributed by atoms with Gasteiger partial charge in [0.15, 0.2) is 0 Å². The first kappa shape index (κ1) is 11.3. The highest BCUT2D eigenvalue weighted by Gasteiger charge is 2.32. The number of anilines is 1. The number of hydrogen-bond donors (Lipinski definition) is 2. The van der Waals surface area contributed by atoms with Crippen LogP contribution in [0.1, 0.15) is 0 Å². The topological polar surface area (TPSA) is 78.9 Å². The van der Waals surface area contributed by atoms with Gasteiger partial charge in [0.2, 0.25) is 0 Å². The van der Waals surface area contributed by atoms with Crippen LogP contribution in [0.5, 0.6) is 0 Å². The van der Waals surface area contributed by atoms with E-state index in [1.165, 1.54) is 4.90 Å². The Morgan fingerprint density at radius 3 is 2.82 bits per heavy atom. The zero-order chi connectivity index (χ0) is 12.3. The first-order valence-electron chi connectivity index (χ1n) is 5.17. The molecule has 0 saturated carbocycles. The van der Waals surface area contributed by atoms with E-state index in [4.69, 9.17) is 9.84 Å². The summed E-state index contributed by atoms with van der Waals surface area (Å²) < 4.78 is 5.04. The fraction of sp³-hybridized carbons (Fsp3) is 0.273. The largest absolute Gasteiger partial charge is 0.465 e. The van der Waals surface area contributed by atoms with E-state index in [1.807, 2.05) is 18.2 Å². The highest BCUT2D eigenvalue weighted by Crippen LogP contribution is 2.20. The maximum Gasteiger partial charge on any atom is 0.414 e. The van der Waals surface area contributed by atoms with Crippen molar-refractivity contribution in [2.24, 2.45) is 0 Å². The van der Waals surface area contributed by atoms with Crippen LogP contribution in [0, 0.1) is 0 Å². The summed E-state index contributed by atoms with van der Waals surface area (Å²) >= 11 is 0. The summed E-state index contributed by atoms with van der Waals surface area (Å²) in [5.74, 6) is 0. The Labute approximate surface area is 97.8 Å². The second kappa shape index (κ2) is 4.73. The minimum atomic E-state index is -1.13. The molecule has 2 rings (SSSR count). The number of cyclic esters (lactones) is 1. The van der Waals surface area contributed by atoms with Crippen molar-refractivity contribution in [2.75, 3.05) is 18.0 Å². The van der Waals surface area contributed by atoms with Gasteiger partial charge < -0.3 is 15.2 Å². The van der Waals surface area contributed by atoms with E-state index in [0.29, 0.717) is 6.54 Å². The smallest absolute Gasteiger partial charge is 0.414 e. The normalized spacial score (nSPS) is 18.9. The van der Waals surface area contributed by atoms with Crippen LogP contribution in [0.4, 0.5) is 15.3 Å². The zero-order valence-corrected chi connectivity index (χ0v) is 9.00. The molecular weight excluding hydrogens is 224 g/mol. The molecule has 2 N–H and O–H groups in total. The molecule has 6 heteroatoms. The van der Waals surface area contributed by atoms with E-state index < -0.39 is 18.3 Å². The number of nitrogens with one attached hydrogen (secondary N) is 1. The third-order valence-electron chi connectivity index (χ3n) is 2.42. The molecule has 17 heavy (non-hydrogen) atoms. The zero-order valence-electron chi connectivity index (χ0n) is 9.00. The molecule has 1 saturated heterocycles. The maximum atomic E-state index is 11.6. The minimum absolute atomic E-state index is 0.102. The van der Waals surface area contributed by atoms with Crippen molar-refractivity contribution in [3.63, 3.8) is 0 Å². The molecule has 1 aliphatic heterocycles. The van der Waals surface area contributed by atoms with Gasteiger partial charge in [-0.15, -0.1) is 0 Å². The summed E-state index contributed by atoms with van der Waals surface area (Å²) in [6, 6.07) is 9.10. The maximum absolute atomic E-state index is 11.6. The van der Waals surface area contributed by atoms with Crippen molar-refractivity contribution in [1.82, 2.24) is 5.32 Å². The second-order valence-corrected chi connectivity index (χ2v) is 3.64. The molecule has 0 radical (unpaired) electrons. The molecule has 1 heterocycles. The molecule has 0 bridgehead atoms. The van der Waals surface area contributed by atoms with Crippen molar-refractivity contribution in [3.05, 3.63) is 30.3 Å². The van der Waals surface area contributed by atoms with Crippen molar-refractivity contribution in [2.45, 2.75) is 6.10 Å². The Morgan fingerprint density at radius 1 is 1.47 bits per heavy atom. The van der Waals surface area contributed by atoms with Crippen LogP contribution in [0.25, 0.3) is 0 Å². The number of nitrogens with zero attached hydrogens (tertiary/aromatic N) is 1. The van der Waals surface area contributed by atoms with Gasteiger partial charge in [0, 0.05) is 5.69 Å². The lowest BCUT2D eigenvalue weighted by molar-refractivity contribution is 0.136. The fourth-order valence-electron chi connectivity index (χ4n) is 1.65. The first-order chi connectivity index (χ1) is 8.16. The van der Waals surface area contributed by atoms with Crippen LogP contribution >= 0.6 is 0 Å². The molecule has 0 aliphatic carbocycles. The molecule has 1 aromatic rings. The van der Waals surface area contributed by atoms with Crippen molar-refractivity contribution >= 4 is 17.9 Å². The molecule has 1 aliphatic rings. The number of para-hydroxylation sites is 1. The van der Waals surface area contributed by atoms with E-state index in [1.54, 1.807) is 12.1 Å². The van der Waals surface area contributed by atoms with Gasteiger partial charge in [-0.05, 0) is 12.1 Å². The second-order valence-electron chi connectivity index (χ2n) is 3.64. The number of carboxylic acid groups (broad SMARTS) is 1. The van der Waals surface area contributed by atoms with Crippen LogP contribution < -0.4 is 10.2 Å². The first-order valence-corrected chi connectivity index (χ1v) is 5.17. The lowest BCUT2D eigenvalue weighted by atomic mass is 10.3. The average molecular weight is 236 g/mol. The summed E-state index contributed by atoms with van der Waals surface area (Å²) in [5, 5.41) is 10.7. The third kappa shape index (κ3) is 2.66. The number of ether oxygens (including phenoxy) is 1. The summed E-state index contributed by atoms with van der Waals surface area (Å²) in [7, 11) is 0. The van der Waals surface area contributed by atoms with Crippen LogP contribution in [-0.2, 0) is 4.74 Å². The number of hydrogen-bond acceptors (Lipinski definition) is 3. The van der Waals surface area contributed by atoms with E-state index in [0.717, 1.165) is 5.69 Å². The van der Waals surface area contributed by atoms with Crippen LogP contribution in [0.15, 0.2) is 30.3 Å². The van der Waals surface area contributed by atoms with Crippen molar-refractivity contribution in [1.29, 1.82) is 0 Å². The Morgan fingerprint density at radius 2 is 2.18 bits per heavy atom. The van der Waals surface area contributed by atoms with Gasteiger partial charge in [-0.1, -0.05) is 18.2 Å². The van der Waals surface area contributed by atoms with Gasteiger partial charge in [0.05, 0.1) is 13.1 Å². The molecule has 90 valence electrons. The Balaban J connectivity index is 1.98. The number of carbonyl (C=O) groups excluding carboxylic acids is 1. The SMILES string of the molecule is O=C(O)NCC1CN(c2ccccc2)C(=O)O1. The van der Waals surface area contributed by atoms with E-state index in [2.05, 4.69) is 5.32 Å². The average Bonchev–Trinajstić information content (AvgIpc) is 2.69. The highest BCUT2D eigenvalue weighted by atomic mass is 16.6. The summed E-state index contributed by atoms with van der Waals surface area (Å²) in [6.45, 7) is 0.452. The number of amides is 2. The number of carbonyl (C=O) groups is 2. The van der Waals surface area contributed by atoms with E-state index in [-0.39, 0.29) is 6.54 Å². The van der Waals surface area contributed by atoms with Crippen molar-refractivity contribution in [3.8, 4) is 0 Å². The molecule has 1 fully saturated rings. The summed E-state index contributed by atoms with van der Waals surface area (Å²) in [5.41, 5.74) is 0.746. The van der Waals surface area contributed by atoms with Crippen LogP contribution in [0.2, 0.25) is 0 Å². The summed E-state index contributed by atoms with van der Waals surface area (Å²) in [6.07, 6.45) is -2.02. The van der Waals surface area contributed by atoms with E-state index >= 15 is 0 Å². The lowest BCUT2D eigenvalue weighted by Gasteiger charge is -2.12. The predicted molar refractivity (Wildman–Crippen MR) is 60.1 cm³/mol. The number of rotatable bonds is 3. The van der Waals surface area contributed by atoms with Crippen LogP contribution in [0.3, 0.4) is 0 Å². The van der Waals surface area contributed by atoms with Gasteiger partial charge in [0.25, 0.3) is 0 Å². The Hall–Kier alpha value is -2.24. The molecule has 1 unspecified atom stereocenters. The fourth-order valence-corrected chi connectivity index (χ4v) is 1.65. The van der Waals surface area contributed by atoms with Gasteiger partial charge in [-0.2, -0.15) is 0 Å². The minimum Gasteiger partial charge on any atom is -0.465 e. The van der Waals surface area contributed by atoms with Gasteiger partial charge in [0.1, 0.15) is 6.10 Å². The molecule has 2 amide bonds. The molecule has 6 nitrogen and oxygen atoms in total. The monoisotopic (exact) mass is 236 g/mol. The highest BCUT2D eigenvalue weighted by molar-refractivity contribution is 5.89. The van der Waals surface area contributed by atoms with Gasteiger partial charge in [-0.25, -0.2) is 9.59 Å². The van der Waals surface area contributed by atoms with Crippen LogP contribution in [-0.4, -0.2) is 36.5 Å². The molecule has 1 atom stereocenters. The third-order valence-corrected chi connectivity index (χ3v) is 2.42. The molecule has 1 aromatic carbocycles. The number of benzene rings is 1. The lowest BCUT2D eigenvalue weighted by Crippen LogP contribution is -2.33. The molecule has 0 spiro atoms. The Bertz CT molecular complexity index is 421. The van der Waals surface area contributed by atoms with Crippen molar-refractivity contribution < 1.29 is 19.4 Å².